The van der Waals surface area contributed by atoms with Crippen LogP contribution in [-0.4, -0.2) is 35.3 Å². The molecule has 110 valence electrons. The van der Waals surface area contributed by atoms with Crippen LogP contribution in [0.25, 0.3) is 0 Å². The van der Waals surface area contributed by atoms with Crippen LogP contribution in [0, 0.1) is 0 Å². The lowest BCUT2D eigenvalue weighted by Crippen LogP contribution is -2.31. The van der Waals surface area contributed by atoms with E-state index < -0.39 is 0 Å². The normalized spacial score (nSPS) is 10.8. The van der Waals surface area contributed by atoms with Gasteiger partial charge in [-0.15, -0.1) is 0 Å². The summed E-state index contributed by atoms with van der Waals surface area (Å²) in [5.41, 5.74) is 8.27. The Kier molecular flexibility index (Phi) is 5.46. The highest BCUT2D eigenvalue weighted by Gasteiger charge is 2.11. The topological polar surface area (TPSA) is 59.2 Å². The Morgan fingerprint density at radius 1 is 1.14 bits per heavy atom. The van der Waals surface area contributed by atoms with Gasteiger partial charge in [0.1, 0.15) is 0 Å². The number of aromatic nitrogens is 1. The SMILES string of the molecule is CCN(CCc1ccncc1)CC(=O)c1ccc(N)cc1. The molecule has 0 atom stereocenters. The molecule has 0 aliphatic rings. The van der Waals surface area contributed by atoms with E-state index in [0.29, 0.717) is 17.8 Å². The van der Waals surface area contributed by atoms with Crippen LogP contribution in [0.15, 0.2) is 48.8 Å². The molecule has 4 heteroatoms. The quantitative estimate of drug-likeness (QED) is 0.626. The van der Waals surface area contributed by atoms with Crippen molar-refractivity contribution in [2.45, 2.75) is 13.3 Å². The van der Waals surface area contributed by atoms with Crippen LogP contribution in [0.4, 0.5) is 5.69 Å². The molecule has 0 unspecified atom stereocenters. The first-order valence-corrected chi connectivity index (χ1v) is 7.19. The summed E-state index contributed by atoms with van der Waals surface area (Å²) in [5.74, 6) is 0.131. The third-order valence-electron chi connectivity index (χ3n) is 3.51. The van der Waals surface area contributed by atoms with E-state index >= 15 is 0 Å². The molecule has 4 nitrogen and oxygen atoms in total. The molecule has 0 aliphatic carbocycles. The van der Waals surface area contributed by atoms with Crippen LogP contribution in [0.3, 0.4) is 0 Å². The summed E-state index contributed by atoms with van der Waals surface area (Å²) in [7, 11) is 0. The number of likely N-dealkylation sites (N-methyl/N-ethyl adjacent to an activating group) is 1. The molecule has 0 bridgehead atoms. The third kappa shape index (κ3) is 4.68. The van der Waals surface area contributed by atoms with E-state index in [-0.39, 0.29) is 5.78 Å². The number of hydrogen-bond donors (Lipinski definition) is 1. The second-order valence-electron chi connectivity index (χ2n) is 5.02. The number of anilines is 1. The highest BCUT2D eigenvalue weighted by atomic mass is 16.1. The summed E-state index contributed by atoms with van der Waals surface area (Å²) < 4.78 is 0. The number of pyridine rings is 1. The molecular formula is C17H21N3O. The maximum absolute atomic E-state index is 12.2. The minimum absolute atomic E-state index is 0.131. The zero-order valence-electron chi connectivity index (χ0n) is 12.3. The standard InChI is InChI=1S/C17H21N3O/c1-2-20(12-9-14-7-10-19-11-8-14)13-17(21)15-3-5-16(18)6-4-15/h3-8,10-11H,2,9,12-13,18H2,1H3. The minimum atomic E-state index is 0.131. The summed E-state index contributed by atoms with van der Waals surface area (Å²) in [6.07, 6.45) is 4.52. The maximum atomic E-state index is 12.2. The van der Waals surface area contributed by atoms with Gasteiger partial charge >= 0.3 is 0 Å². The van der Waals surface area contributed by atoms with E-state index in [1.165, 1.54) is 5.56 Å². The second kappa shape index (κ2) is 7.55. The van der Waals surface area contributed by atoms with E-state index in [4.69, 9.17) is 5.73 Å². The molecule has 2 N–H and O–H groups in total. The van der Waals surface area contributed by atoms with Crippen molar-refractivity contribution < 1.29 is 4.79 Å². The second-order valence-corrected chi connectivity index (χ2v) is 5.02. The Bertz CT molecular complexity index is 566. The lowest BCUT2D eigenvalue weighted by molar-refractivity contribution is 0.0934. The smallest absolute Gasteiger partial charge is 0.176 e. The molecule has 0 fully saturated rings. The first-order valence-electron chi connectivity index (χ1n) is 7.19. The van der Waals surface area contributed by atoms with Gasteiger partial charge in [0.05, 0.1) is 6.54 Å². The van der Waals surface area contributed by atoms with E-state index in [1.54, 1.807) is 36.7 Å². The first-order chi connectivity index (χ1) is 10.2. The Labute approximate surface area is 125 Å². The van der Waals surface area contributed by atoms with Gasteiger partial charge in [-0.2, -0.15) is 0 Å². The number of carbonyl (C=O) groups excluding carboxylic acids is 1. The number of ketones is 1. The highest BCUT2D eigenvalue weighted by Crippen LogP contribution is 2.08. The average Bonchev–Trinajstić information content (AvgIpc) is 2.53. The van der Waals surface area contributed by atoms with Crippen LogP contribution < -0.4 is 5.73 Å². The molecule has 0 aliphatic heterocycles. The molecule has 21 heavy (non-hydrogen) atoms. The van der Waals surface area contributed by atoms with E-state index in [1.807, 2.05) is 12.1 Å². The molecule has 2 aromatic rings. The molecule has 2 rings (SSSR count). The van der Waals surface area contributed by atoms with Gasteiger partial charge in [-0.05, 0) is 54.9 Å². The predicted octanol–water partition coefficient (Wildman–Crippen LogP) is 2.41. The van der Waals surface area contributed by atoms with Crippen molar-refractivity contribution >= 4 is 11.5 Å². The molecule has 0 spiro atoms. The molecule has 1 aromatic heterocycles. The zero-order valence-corrected chi connectivity index (χ0v) is 12.3. The van der Waals surface area contributed by atoms with Crippen molar-refractivity contribution in [2.75, 3.05) is 25.4 Å². The monoisotopic (exact) mass is 283 g/mol. The van der Waals surface area contributed by atoms with Gasteiger partial charge in [0, 0.05) is 30.2 Å². The van der Waals surface area contributed by atoms with Crippen molar-refractivity contribution in [1.82, 2.24) is 9.88 Å². The van der Waals surface area contributed by atoms with Gasteiger partial charge in [-0.25, -0.2) is 0 Å². The molecule has 0 saturated heterocycles. The number of Topliss-reactive ketones (excluding diaryl/α,β-unsaturated/α-hetero) is 1. The van der Waals surface area contributed by atoms with Crippen LogP contribution in [0.5, 0.6) is 0 Å². The average molecular weight is 283 g/mol. The summed E-state index contributed by atoms with van der Waals surface area (Å²) in [6, 6.07) is 11.1. The van der Waals surface area contributed by atoms with Crippen molar-refractivity contribution in [3.05, 3.63) is 59.9 Å². The Hall–Kier alpha value is -2.20. The number of nitrogens with zero attached hydrogens (tertiary/aromatic N) is 2. The molecule has 0 amide bonds. The summed E-state index contributed by atoms with van der Waals surface area (Å²) >= 11 is 0. The fourth-order valence-electron chi connectivity index (χ4n) is 2.15. The Morgan fingerprint density at radius 3 is 2.43 bits per heavy atom. The number of carbonyl (C=O) groups is 1. The van der Waals surface area contributed by atoms with E-state index in [0.717, 1.165) is 19.5 Å². The summed E-state index contributed by atoms with van der Waals surface area (Å²) in [5, 5.41) is 0. The number of rotatable bonds is 7. The lowest BCUT2D eigenvalue weighted by Gasteiger charge is -2.19. The number of nitrogens with two attached hydrogens (primary N) is 1. The van der Waals surface area contributed by atoms with Gasteiger partial charge in [0.2, 0.25) is 0 Å². The van der Waals surface area contributed by atoms with Gasteiger partial charge in [0.25, 0.3) is 0 Å². The largest absolute Gasteiger partial charge is 0.399 e. The van der Waals surface area contributed by atoms with Crippen molar-refractivity contribution in [2.24, 2.45) is 0 Å². The lowest BCUT2D eigenvalue weighted by atomic mass is 10.1. The van der Waals surface area contributed by atoms with Gasteiger partial charge in [-0.1, -0.05) is 6.92 Å². The van der Waals surface area contributed by atoms with Crippen molar-refractivity contribution in [3.63, 3.8) is 0 Å². The zero-order chi connectivity index (χ0) is 15.1. The van der Waals surface area contributed by atoms with E-state index in [2.05, 4.69) is 16.8 Å². The van der Waals surface area contributed by atoms with Crippen molar-refractivity contribution in [1.29, 1.82) is 0 Å². The van der Waals surface area contributed by atoms with Gasteiger partial charge in [0.15, 0.2) is 5.78 Å². The van der Waals surface area contributed by atoms with Crippen LogP contribution >= 0.6 is 0 Å². The maximum Gasteiger partial charge on any atom is 0.176 e. The highest BCUT2D eigenvalue weighted by molar-refractivity contribution is 5.97. The van der Waals surface area contributed by atoms with Crippen LogP contribution in [0.1, 0.15) is 22.8 Å². The fourth-order valence-corrected chi connectivity index (χ4v) is 2.15. The molecule has 0 saturated carbocycles. The number of nitrogen functional groups attached to an aromatic ring is 1. The molecular weight excluding hydrogens is 262 g/mol. The minimum Gasteiger partial charge on any atom is -0.399 e. The van der Waals surface area contributed by atoms with Gasteiger partial charge < -0.3 is 5.73 Å². The first kappa shape index (κ1) is 15.2. The van der Waals surface area contributed by atoms with E-state index in [9.17, 15) is 4.79 Å². The van der Waals surface area contributed by atoms with Crippen LogP contribution in [0.2, 0.25) is 0 Å². The summed E-state index contributed by atoms with van der Waals surface area (Å²) in [6.45, 7) is 4.22. The predicted molar refractivity (Wildman–Crippen MR) is 85.2 cm³/mol. The summed E-state index contributed by atoms with van der Waals surface area (Å²) in [4.78, 5) is 18.4. The third-order valence-corrected chi connectivity index (χ3v) is 3.51. The molecule has 1 heterocycles. The molecule has 0 radical (unpaired) electrons. The van der Waals surface area contributed by atoms with Gasteiger partial charge in [-0.3, -0.25) is 14.7 Å². The Balaban J connectivity index is 1.89. The van der Waals surface area contributed by atoms with Crippen molar-refractivity contribution in [3.8, 4) is 0 Å². The van der Waals surface area contributed by atoms with Crippen LogP contribution in [-0.2, 0) is 6.42 Å². The number of hydrogen-bond acceptors (Lipinski definition) is 4. The fraction of sp³-hybridized carbons (Fsp3) is 0.294. The molecule has 1 aromatic carbocycles. The number of benzene rings is 1. The Morgan fingerprint density at radius 2 is 1.81 bits per heavy atom.